The standard InChI is InChI=1S/C9H9BrClN5O2S/c1-5-6(3-4-7(11)12-5)14-19(17,18)9-8(10)13-15-16(9)2/h3-4,14H,1-2H3. The molecular formula is C9H9BrClN5O2S. The Balaban J connectivity index is 2.42. The van der Waals surface area contributed by atoms with Gasteiger partial charge in [-0.2, -0.15) is 8.42 Å². The number of pyridine rings is 1. The molecule has 0 atom stereocenters. The summed E-state index contributed by atoms with van der Waals surface area (Å²) in [5, 5.41) is 7.49. The molecule has 0 unspecified atom stereocenters. The minimum Gasteiger partial charge on any atom is -0.276 e. The summed E-state index contributed by atoms with van der Waals surface area (Å²) in [6.07, 6.45) is 0. The summed E-state index contributed by atoms with van der Waals surface area (Å²) in [5.41, 5.74) is 0.819. The van der Waals surface area contributed by atoms with E-state index in [1.165, 1.54) is 13.1 Å². The van der Waals surface area contributed by atoms with E-state index in [1.54, 1.807) is 13.0 Å². The van der Waals surface area contributed by atoms with Gasteiger partial charge in [-0.1, -0.05) is 16.8 Å². The number of nitrogens with one attached hydrogen (secondary N) is 1. The fourth-order valence-corrected chi connectivity index (χ4v) is 3.84. The Morgan fingerprint density at radius 1 is 1.42 bits per heavy atom. The molecule has 10 heteroatoms. The monoisotopic (exact) mass is 365 g/mol. The molecule has 102 valence electrons. The van der Waals surface area contributed by atoms with Gasteiger partial charge in [-0.25, -0.2) is 9.67 Å². The van der Waals surface area contributed by atoms with Crippen molar-refractivity contribution in [2.75, 3.05) is 4.72 Å². The second-order valence-electron chi connectivity index (χ2n) is 3.68. The van der Waals surface area contributed by atoms with Crippen LogP contribution in [0, 0.1) is 6.92 Å². The molecular weight excluding hydrogens is 358 g/mol. The molecule has 0 saturated carbocycles. The molecule has 0 bridgehead atoms. The van der Waals surface area contributed by atoms with Crippen LogP contribution in [-0.2, 0) is 17.1 Å². The van der Waals surface area contributed by atoms with E-state index in [2.05, 4.69) is 35.9 Å². The maximum Gasteiger partial charge on any atom is 0.281 e. The van der Waals surface area contributed by atoms with Crippen molar-refractivity contribution >= 4 is 43.2 Å². The first kappa shape index (κ1) is 14.2. The van der Waals surface area contributed by atoms with Gasteiger partial charge >= 0.3 is 0 Å². The van der Waals surface area contributed by atoms with E-state index in [4.69, 9.17) is 11.6 Å². The second-order valence-corrected chi connectivity index (χ2v) is 6.42. The van der Waals surface area contributed by atoms with Crippen molar-refractivity contribution in [1.82, 2.24) is 20.0 Å². The Bertz CT molecular complexity index is 711. The van der Waals surface area contributed by atoms with Gasteiger partial charge in [-0.05, 0) is 35.0 Å². The molecule has 1 N–H and O–H groups in total. The summed E-state index contributed by atoms with van der Waals surface area (Å²) >= 11 is 8.76. The largest absolute Gasteiger partial charge is 0.281 e. The van der Waals surface area contributed by atoms with E-state index in [9.17, 15) is 8.42 Å². The number of sulfonamides is 1. The van der Waals surface area contributed by atoms with E-state index in [0.29, 0.717) is 16.5 Å². The van der Waals surface area contributed by atoms with Crippen LogP contribution in [0.3, 0.4) is 0 Å². The predicted molar refractivity (Wildman–Crippen MR) is 73.5 cm³/mol. The number of rotatable bonds is 3. The maximum absolute atomic E-state index is 12.2. The highest BCUT2D eigenvalue weighted by atomic mass is 79.9. The van der Waals surface area contributed by atoms with Gasteiger partial charge in [0.1, 0.15) is 5.15 Å². The van der Waals surface area contributed by atoms with Crippen molar-refractivity contribution in [3.8, 4) is 0 Å². The summed E-state index contributed by atoms with van der Waals surface area (Å²) < 4.78 is 28.2. The molecule has 0 fully saturated rings. The SMILES string of the molecule is Cc1nc(Cl)ccc1NS(=O)(=O)c1c(Br)nnn1C. The third kappa shape index (κ3) is 2.88. The van der Waals surface area contributed by atoms with Crippen molar-refractivity contribution in [3.05, 3.63) is 27.6 Å². The number of anilines is 1. The van der Waals surface area contributed by atoms with Gasteiger partial charge in [0.05, 0.1) is 11.4 Å². The van der Waals surface area contributed by atoms with Crippen molar-refractivity contribution < 1.29 is 8.42 Å². The highest BCUT2D eigenvalue weighted by Gasteiger charge is 2.24. The summed E-state index contributed by atoms with van der Waals surface area (Å²) in [4.78, 5) is 3.97. The molecule has 0 amide bonds. The van der Waals surface area contributed by atoms with Crippen LogP contribution in [0.4, 0.5) is 5.69 Å². The summed E-state index contributed by atoms with van der Waals surface area (Å²) in [7, 11) is -2.32. The van der Waals surface area contributed by atoms with E-state index in [0.717, 1.165) is 4.68 Å². The lowest BCUT2D eigenvalue weighted by molar-refractivity contribution is 0.578. The smallest absolute Gasteiger partial charge is 0.276 e. The van der Waals surface area contributed by atoms with Crippen LogP contribution in [0.1, 0.15) is 5.69 Å². The van der Waals surface area contributed by atoms with Crippen LogP contribution in [0.15, 0.2) is 21.8 Å². The molecule has 2 heterocycles. The third-order valence-corrected chi connectivity index (χ3v) is 4.75. The molecule has 0 aliphatic carbocycles. The highest BCUT2D eigenvalue weighted by Crippen LogP contribution is 2.23. The van der Waals surface area contributed by atoms with Crippen molar-refractivity contribution in [2.45, 2.75) is 11.9 Å². The molecule has 0 aromatic carbocycles. The van der Waals surface area contributed by atoms with Crippen molar-refractivity contribution in [1.29, 1.82) is 0 Å². The minimum atomic E-state index is -3.81. The molecule has 7 nitrogen and oxygen atoms in total. The summed E-state index contributed by atoms with van der Waals surface area (Å²) in [6.45, 7) is 1.65. The predicted octanol–water partition coefficient (Wildman–Crippen LogP) is 1.74. The average Bonchev–Trinajstić information content (AvgIpc) is 2.63. The Kier molecular flexibility index (Phi) is 3.79. The number of hydrogen-bond acceptors (Lipinski definition) is 5. The fraction of sp³-hybridized carbons (Fsp3) is 0.222. The van der Waals surface area contributed by atoms with Gasteiger partial charge in [0.15, 0.2) is 4.60 Å². The van der Waals surface area contributed by atoms with Gasteiger partial charge in [-0.3, -0.25) is 4.72 Å². The molecule has 0 saturated heterocycles. The third-order valence-electron chi connectivity index (χ3n) is 2.29. The van der Waals surface area contributed by atoms with Crippen LogP contribution in [-0.4, -0.2) is 28.4 Å². The summed E-state index contributed by atoms with van der Waals surface area (Å²) in [6, 6.07) is 3.04. The van der Waals surface area contributed by atoms with E-state index in [-0.39, 0.29) is 9.63 Å². The van der Waals surface area contributed by atoms with Crippen molar-refractivity contribution in [3.63, 3.8) is 0 Å². The molecule has 19 heavy (non-hydrogen) atoms. The molecule has 0 radical (unpaired) electrons. The Hall–Kier alpha value is -1.19. The average molecular weight is 367 g/mol. The van der Waals surface area contributed by atoms with Crippen LogP contribution in [0.2, 0.25) is 5.15 Å². The minimum absolute atomic E-state index is 0.0677. The second kappa shape index (κ2) is 5.06. The molecule has 2 aromatic rings. The lowest BCUT2D eigenvalue weighted by atomic mass is 10.3. The zero-order valence-corrected chi connectivity index (χ0v) is 13.1. The topological polar surface area (TPSA) is 89.8 Å². The number of hydrogen-bond donors (Lipinski definition) is 1. The number of nitrogens with zero attached hydrogens (tertiary/aromatic N) is 4. The maximum atomic E-state index is 12.2. The number of aromatic nitrogens is 4. The van der Waals surface area contributed by atoms with Crippen LogP contribution in [0.25, 0.3) is 0 Å². The van der Waals surface area contributed by atoms with Crippen LogP contribution >= 0.6 is 27.5 Å². The van der Waals surface area contributed by atoms with Crippen molar-refractivity contribution in [2.24, 2.45) is 7.05 Å². The molecule has 2 aromatic heterocycles. The normalized spacial score (nSPS) is 11.6. The zero-order valence-electron chi connectivity index (χ0n) is 9.92. The molecule has 0 aliphatic heterocycles. The number of halogens is 2. The van der Waals surface area contributed by atoms with Crippen LogP contribution in [0.5, 0.6) is 0 Å². The highest BCUT2D eigenvalue weighted by molar-refractivity contribution is 9.10. The van der Waals surface area contributed by atoms with Crippen LogP contribution < -0.4 is 4.72 Å². The van der Waals surface area contributed by atoms with Gasteiger partial charge in [0.25, 0.3) is 10.0 Å². The van der Waals surface area contributed by atoms with Gasteiger partial charge in [-0.15, -0.1) is 5.10 Å². The first-order valence-electron chi connectivity index (χ1n) is 5.02. The lowest BCUT2D eigenvalue weighted by Crippen LogP contribution is -2.18. The van der Waals surface area contributed by atoms with E-state index >= 15 is 0 Å². The van der Waals surface area contributed by atoms with Gasteiger partial charge < -0.3 is 0 Å². The first-order valence-corrected chi connectivity index (χ1v) is 7.68. The summed E-state index contributed by atoms with van der Waals surface area (Å²) in [5.74, 6) is 0. The quantitative estimate of drug-likeness (QED) is 0.836. The first-order chi connectivity index (χ1) is 8.81. The Morgan fingerprint density at radius 2 is 2.11 bits per heavy atom. The molecule has 0 spiro atoms. The van der Waals surface area contributed by atoms with Gasteiger partial charge in [0.2, 0.25) is 5.03 Å². The Morgan fingerprint density at radius 3 is 2.63 bits per heavy atom. The van der Waals surface area contributed by atoms with Gasteiger partial charge in [0, 0.05) is 7.05 Å². The fourth-order valence-electron chi connectivity index (χ4n) is 1.44. The van der Waals surface area contributed by atoms with E-state index < -0.39 is 10.0 Å². The van der Waals surface area contributed by atoms with E-state index in [1.807, 2.05) is 0 Å². The lowest BCUT2D eigenvalue weighted by Gasteiger charge is -2.09. The zero-order chi connectivity index (χ0) is 14.2. The molecule has 0 aliphatic rings. The Labute approximate surface area is 123 Å². The number of aryl methyl sites for hydroxylation is 2. The molecule has 2 rings (SSSR count).